The van der Waals surface area contributed by atoms with E-state index in [-0.39, 0.29) is 0 Å². The first-order valence-corrected chi connectivity index (χ1v) is 6.71. The van der Waals surface area contributed by atoms with E-state index in [4.69, 9.17) is 11.6 Å². The molecule has 4 heteroatoms. The Kier molecular flexibility index (Phi) is 3.85. The maximum atomic E-state index is 6.17. The number of nitrogens with zero attached hydrogens (tertiary/aromatic N) is 3. The fourth-order valence-corrected chi connectivity index (χ4v) is 2.97. The van der Waals surface area contributed by atoms with Gasteiger partial charge in [0.25, 0.3) is 0 Å². The van der Waals surface area contributed by atoms with Crippen molar-refractivity contribution in [3.8, 4) is 0 Å². The normalized spacial score (nSPS) is 25.9. The summed E-state index contributed by atoms with van der Waals surface area (Å²) in [7, 11) is 0. The SMILES string of the molecule is CCCc1nnc(Cl)n1C1CCCCC1C. The van der Waals surface area contributed by atoms with Crippen molar-refractivity contribution in [1.82, 2.24) is 14.8 Å². The van der Waals surface area contributed by atoms with E-state index in [0.29, 0.717) is 17.2 Å². The molecule has 2 rings (SSSR count). The van der Waals surface area contributed by atoms with E-state index in [1.165, 1.54) is 25.7 Å². The number of hydrogen-bond donors (Lipinski definition) is 0. The van der Waals surface area contributed by atoms with Crippen molar-refractivity contribution in [3.05, 3.63) is 11.1 Å². The summed E-state index contributed by atoms with van der Waals surface area (Å²) < 4.78 is 2.18. The fourth-order valence-electron chi connectivity index (χ4n) is 2.70. The van der Waals surface area contributed by atoms with Gasteiger partial charge in [0.1, 0.15) is 5.82 Å². The number of rotatable bonds is 3. The third kappa shape index (κ3) is 2.24. The summed E-state index contributed by atoms with van der Waals surface area (Å²) in [6.45, 7) is 4.48. The molecular formula is C12H20ClN3. The Balaban J connectivity index is 2.26. The van der Waals surface area contributed by atoms with Gasteiger partial charge in [-0.15, -0.1) is 10.2 Å². The molecule has 0 spiro atoms. The minimum Gasteiger partial charge on any atom is -0.298 e. The van der Waals surface area contributed by atoms with Crippen LogP contribution in [0.5, 0.6) is 0 Å². The van der Waals surface area contributed by atoms with Crippen LogP contribution in [0.25, 0.3) is 0 Å². The third-order valence-electron chi connectivity index (χ3n) is 3.60. The predicted molar refractivity (Wildman–Crippen MR) is 65.7 cm³/mol. The summed E-state index contributed by atoms with van der Waals surface area (Å²) in [5, 5.41) is 8.79. The largest absolute Gasteiger partial charge is 0.298 e. The van der Waals surface area contributed by atoms with Crippen LogP contribution in [0, 0.1) is 5.92 Å². The minimum atomic E-state index is 0.512. The number of hydrogen-bond acceptors (Lipinski definition) is 2. The highest BCUT2D eigenvalue weighted by molar-refractivity contribution is 6.28. The van der Waals surface area contributed by atoms with Gasteiger partial charge in [-0.1, -0.05) is 26.7 Å². The highest BCUT2D eigenvalue weighted by Gasteiger charge is 2.26. The molecule has 0 aromatic carbocycles. The standard InChI is InChI=1S/C12H20ClN3/c1-3-6-11-14-15-12(13)16(11)10-8-5-4-7-9(10)2/h9-10H,3-8H2,1-2H3. The molecule has 0 aliphatic heterocycles. The van der Waals surface area contributed by atoms with Crippen LogP contribution in [0.2, 0.25) is 5.28 Å². The molecule has 2 unspecified atom stereocenters. The van der Waals surface area contributed by atoms with Crippen LogP contribution < -0.4 is 0 Å². The lowest BCUT2D eigenvalue weighted by molar-refractivity contribution is 0.252. The third-order valence-corrected chi connectivity index (χ3v) is 3.85. The van der Waals surface area contributed by atoms with E-state index in [0.717, 1.165) is 18.7 Å². The predicted octanol–water partition coefficient (Wildman–Crippen LogP) is 3.64. The summed E-state index contributed by atoms with van der Waals surface area (Å²) in [5.74, 6) is 1.75. The number of aromatic nitrogens is 3. The second kappa shape index (κ2) is 5.17. The smallest absolute Gasteiger partial charge is 0.225 e. The Morgan fingerprint density at radius 2 is 2.06 bits per heavy atom. The molecule has 0 radical (unpaired) electrons. The van der Waals surface area contributed by atoms with E-state index >= 15 is 0 Å². The molecule has 16 heavy (non-hydrogen) atoms. The van der Waals surface area contributed by atoms with E-state index < -0.39 is 0 Å². The topological polar surface area (TPSA) is 30.7 Å². The Labute approximate surface area is 102 Å². The van der Waals surface area contributed by atoms with Crippen LogP contribution in [0.15, 0.2) is 0 Å². The van der Waals surface area contributed by atoms with Gasteiger partial charge >= 0.3 is 0 Å². The zero-order valence-corrected chi connectivity index (χ0v) is 10.9. The van der Waals surface area contributed by atoms with E-state index in [1.807, 2.05) is 0 Å². The quantitative estimate of drug-likeness (QED) is 0.809. The van der Waals surface area contributed by atoms with Crippen LogP contribution in [0.3, 0.4) is 0 Å². The van der Waals surface area contributed by atoms with Crippen molar-refractivity contribution in [2.24, 2.45) is 5.92 Å². The molecule has 0 saturated heterocycles. The lowest BCUT2D eigenvalue weighted by Crippen LogP contribution is -2.23. The Hall–Kier alpha value is -0.570. The van der Waals surface area contributed by atoms with Gasteiger partial charge in [-0.25, -0.2) is 0 Å². The Bertz CT molecular complexity index is 348. The van der Waals surface area contributed by atoms with Gasteiger partial charge in [0, 0.05) is 12.5 Å². The molecule has 1 fully saturated rings. The second-order valence-corrected chi connectivity index (χ2v) is 5.17. The fraction of sp³-hybridized carbons (Fsp3) is 0.833. The van der Waals surface area contributed by atoms with Crippen molar-refractivity contribution in [2.75, 3.05) is 0 Å². The van der Waals surface area contributed by atoms with Crippen molar-refractivity contribution in [3.63, 3.8) is 0 Å². The minimum absolute atomic E-state index is 0.512. The highest BCUT2D eigenvalue weighted by atomic mass is 35.5. The zero-order valence-electron chi connectivity index (χ0n) is 10.1. The van der Waals surface area contributed by atoms with Crippen LogP contribution in [-0.4, -0.2) is 14.8 Å². The summed E-state index contributed by atoms with van der Waals surface area (Å²) >= 11 is 6.17. The lowest BCUT2D eigenvalue weighted by atomic mass is 9.85. The summed E-state index contributed by atoms with van der Waals surface area (Å²) in [6.07, 6.45) is 7.23. The number of aryl methyl sites for hydroxylation is 1. The van der Waals surface area contributed by atoms with E-state index in [2.05, 4.69) is 28.6 Å². The summed E-state index contributed by atoms with van der Waals surface area (Å²) in [5.41, 5.74) is 0. The molecular weight excluding hydrogens is 222 g/mol. The molecule has 0 amide bonds. The van der Waals surface area contributed by atoms with Gasteiger partial charge in [0.2, 0.25) is 5.28 Å². The maximum Gasteiger partial charge on any atom is 0.225 e. The molecule has 1 saturated carbocycles. The van der Waals surface area contributed by atoms with Gasteiger partial charge in [0.15, 0.2) is 0 Å². The van der Waals surface area contributed by atoms with Crippen LogP contribution >= 0.6 is 11.6 Å². The summed E-state index contributed by atoms with van der Waals surface area (Å²) in [4.78, 5) is 0. The van der Waals surface area contributed by atoms with Gasteiger partial charge in [-0.2, -0.15) is 0 Å². The Morgan fingerprint density at radius 3 is 2.75 bits per heavy atom. The molecule has 1 aliphatic rings. The van der Waals surface area contributed by atoms with Crippen LogP contribution in [-0.2, 0) is 6.42 Å². The van der Waals surface area contributed by atoms with Gasteiger partial charge in [0.05, 0.1) is 0 Å². The van der Waals surface area contributed by atoms with Crippen molar-refractivity contribution in [1.29, 1.82) is 0 Å². The highest BCUT2D eigenvalue weighted by Crippen LogP contribution is 2.35. The molecule has 0 bridgehead atoms. The van der Waals surface area contributed by atoms with Gasteiger partial charge < -0.3 is 0 Å². The van der Waals surface area contributed by atoms with Crippen LogP contribution in [0.4, 0.5) is 0 Å². The monoisotopic (exact) mass is 241 g/mol. The molecule has 0 N–H and O–H groups in total. The number of halogens is 1. The molecule has 1 aromatic heterocycles. The molecule has 1 aliphatic carbocycles. The van der Waals surface area contributed by atoms with Crippen LogP contribution in [0.1, 0.15) is 57.8 Å². The summed E-state index contributed by atoms with van der Waals surface area (Å²) in [6, 6.07) is 0.512. The molecule has 3 nitrogen and oxygen atoms in total. The first-order chi connectivity index (χ1) is 7.74. The first-order valence-electron chi connectivity index (χ1n) is 6.33. The first kappa shape index (κ1) is 11.9. The second-order valence-electron chi connectivity index (χ2n) is 4.83. The van der Waals surface area contributed by atoms with Crippen molar-refractivity contribution in [2.45, 2.75) is 58.4 Å². The maximum absolute atomic E-state index is 6.17. The lowest BCUT2D eigenvalue weighted by Gasteiger charge is -2.30. The van der Waals surface area contributed by atoms with Crippen molar-refractivity contribution < 1.29 is 0 Å². The average Bonchev–Trinajstić information content (AvgIpc) is 2.62. The molecule has 2 atom stereocenters. The molecule has 1 aromatic rings. The molecule has 1 heterocycles. The van der Waals surface area contributed by atoms with E-state index in [1.54, 1.807) is 0 Å². The van der Waals surface area contributed by atoms with Crippen molar-refractivity contribution >= 4 is 11.6 Å². The molecule has 90 valence electrons. The van der Waals surface area contributed by atoms with Gasteiger partial charge in [-0.3, -0.25) is 4.57 Å². The average molecular weight is 242 g/mol. The van der Waals surface area contributed by atoms with Gasteiger partial charge in [-0.05, 0) is 36.8 Å². The zero-order chi connectivity index (χ0) is 11.5. The Morgan fingerprint density at radius 1 is 1.31 bits per heavy atom. The van der Waals surface area contributed by atoms with E-state index in [9.17, 15) is 0 Å².